The Morgan fingerprint density at radius 2 is 1.72 bits per heavy atom. The van der Waals surface area contributed by atoms with Crippen molar-refractivity contribution in [1.82, 2.24) is 9.80 Å². The zero-order valence-electron chi connectivity index (χ0n) is 17.8. The number of aryl methyl sites for hydroxylation is 1. The van der Waals surface area contributed by atoms with Gasteiger partial charge >= 0.3 is 0 Å². The quantitative estimate of drug-likeness (QED) is 0.580. The number of hydrogen-bond acceptors (Lipinski definition) is 3. The molecule has 2 heterocycles. The highest BCUT2D eigenvalue weighted by atomic mass is 35.5. The lowest BCUT2D eigenvalue weighted by molar-refractivity contribution is -0.136. The van der Waals surface area contributed by atoms with Crippen LogP contribution in [0.5, 0.6) is 5.75 Å². The monoisotopic (exact) mass is 446 g/mol. The van der Waals surface area contributed by atoms with Crippen molar-refractivity contribution in [3.05, 3.63) is 100 Å². The molecule has 0 bridgehead atoms. The van der Waals surface area contributed by atoms with Crippen LogP contribution in [0.2, 0.25) is 5.02 Å². The average Bonchev–Trinajstić information content (AvgIpc) is 3.34. The maximum atomic E-state index is 13.6. The van der Waals surface area contributed by atoms with Crippen LogP contribution in [0, 0.1) is 0 Å². The zero-order valence-corrected chi connectivity index (χ0v) is 18.5. The number of carbonyl (C=O) groups excluding carboxylic acids is 2. The Bertz CT molecular complexity index is 1180. The fourth-order valence-electron chi connectivity index (χ4n) is 4.96. The van der Waals surface area contributed by atoms with Crippen molar-refractivity contribution in [3.63, 3.8) is 0 Å². The van der Waals surface area contributed by atoms with Crippen LogP contribution in [0.3, 0.4) is 0 Å². The molecule has 1 atom stereocenters. The van der Waals surface area contributed by atoms with Crippen molar-refractivity contribution >= 4 is 23.4 Å². The number of halogens is 1. The summed E-state index contributed by atoms with van der Waals surface area (Å²) in [6.07, 6.45) is 0.970. The average molecular weight is 447 g/mol. The molecule has 3 aromatic rings. The zero-order chi connectivity index (χ0) is 22.3. The van der Waals surface area contributed by atoms with E-state index in [1.54, 1.807) is 7.11 Å². The lowest BCUT2D eigenvalue weighted by Crippen LogP contribution is -2.51. The second kappa shape index (κ2) is 7.99. The van der Waals surface area contributed by atoms with Gasteiger partial charge in [-0.25, -0.2) is 0 Å². The Morgan fingerprint density at radius 1 is 1.00 bits per heavy atom. The van der Waals surface area contributed by atoms with E-state index >= 15 is 0 Å². The minimum absolute atomic E-state index is 0.0165. The normalized spacial score (nSPS) is 19.1. The summed E-state index contributed by atoms with van der Waals surface area (Å²) in [7, 11) is 1.63. The van der Waals surface area contributed by atoms with Crippen LogP contribution in [0.1, 0.15) is 33.5 Å². The Hall–Kier alpha value is -3.31. The van der Waals surface area contributed by atoms with Gasteiger partial charge in [0, 0.05) is 41.2 Å². The third kappa shape index (κ3) is 3.07. The van der Waals surface area contributed by atoms with E-state index in [-0.39, 0.29) is 11.8 Å². The second-order valence-corrected chi connectivity index (χ2v) is 8.51. The Morgan fingerprint density at radius 3 is 2.44 bits per heavy atom. The first-order chi connectivity index (χ1) is 15.6. The summed E-state index contributed by atoms with van der Waals surface area (Å²) in [6, 6.07) is 22.8. The molecule has 1 saturated heterocycles. The molecule has 2 aliphatic rings. The first kappa shape index (κ1) is 20.6. The molecule has 0 aliphatic carbocycles. The number of nitrogens with zero attached hydrogens (tertiary/aromatic N) is 2. The van der Waals surface area contributed by atoms with Crippen LogP contribution < -0.4 is 4.74 Å². The summed E-state index contributed by atoms with van der Waals surface area (Å²) in [5.74, 6) is 0.766. The summed E-state index contributed by atoms with van der Waals surface area (Å²) in [5.41, 5.74) is 2.50. The molecule has 0 spiro atoms. The lowest BCUT2D eigenvalue weighted by Gasteiger charge is -2.40. The molecule has 0 aromatic heterocycles. The maximum absolute atomic E-state index is 13.6. The van der Waals surface area contributed by atoms with Crippen LogP contribution in [0.15, 0.2) is 72.8 Å². The third-order valence-electron chi connectivity index (χ3n) is 6.44. The number of methoxy groups -OCH3 is 1. The predicted molar refractivity (Wildman–Crippen MR) is 123 cm³/mol. The van der Waals surface area contributed by atoms with Gasteiger partial charge in [0.15, 0.2) is 5.66 Å². The minimum atomic E-state index is -0.935. The molecular weight excluding hydrogens is 424 g/mol. The largest absolute Gasteiger partial charge is 0.497 e. The highest BCUT2D eigenvalue weighted by Crippen LogP contribution is 2.49. The number of benzene rings is 3. The fourth-order valence-corrected chi connectivity index (χ4v) is 5.09. The Balaban J connectivity index is 1.52. The first-order valence-electron chi connectivity index (χ1n) is 10.7. The number of ether oxygens (including phenoxy) is 1. The van der Waals surface area contributed by atoms with Gasteiger partial charge in [0.1, 0.15) is 5.75 Å². The standard InChI is InChI=1S/C26H23ClN2O3/c1-32-21-13-6-18(7-14-21)8-15-24(30)28-16-17-29-25(31)22-4-2-3-5-23(22)26(28,29)19-9-11-20(27)12-10-19/h2-7,9-14H,8,15-17H2,1H3. The molecular formula is C26H23ClN2O3. The fraction of sp³-hybridized carbons (Fsp3) is 0.231. The van der Waals surface area contributed by atoms with Gasteiger partial charge < -0.3 is 14.5 Å². The van der Waals surface area contributed by atoms with Gasteiger partial charge in [-0.05, 0) is 42.3 Å². The molecule has 5 nitrogen and oxygen atoms in total. The van der Waals surface area contributed by atoms with Gasteiger partial charge in [0.25, 0.3) is 5.91 Å². The van der Waals surface area contributed by atoms with Crippen LogP contribution in [0.4, 0.5) is 0 Å². The Labute approximate surface area is 192 Å². The van der Waals surface area contributed by atoms with E-state index in [4.69, 9.17) is 16.3 Å². The molecule has 0 saturated carbocycles. The highest BCUT2D eigenvalue weighted by molar-refractivity contribution is 6.30. The topological polar surface area (TPSA) is 49.9 Å². The molecule has 2 aliphatic heterocycles. The second-order valence-electron chi connectivity index (χ2n) is 8.07. The van der Waals surface area contributed by atoms with E-state index in [9.17, 15) is 9.59 Å². The van der Waals surface area contributed by atoms with Crippen molar-refractivity contribution in [2.45, 2.75) is 18.5 Å². The van der Waals surface area contributed by atoms with Crippen LogP contribution >= 0.6 is 11.6 Å². The molecule has 0 N–H and O–H groups in total. The molecule has 32 heavy (non-hydrogen) atoms. The van der Waals surface area contributed by atoms with Gasteiger partial charge in [-0.1, -0.05) is 54.1 Å². The van der Waals surface area contributed by atoms with Gasteiger partial charge in [-0.15, -0.1) is 0 Å². The number of carbonyl (C=O) groups is 2. The van der Waals surface area contributed by atoms with Gasteiger partial charge in [0.2, 0.25) is 5.91 Å². The van der Waals surface area contributed by atoms with E-state index in [0.29, 0.717) is 36.5 Å². The SMILES string of the molecule is COc1ccc(CCC(=O)N2CCN3C(=O)c4ccccc4C23c2ccc(Cl)cc2)cc1. The lowest BCUT2D eigenvalue weighted by atomic mass is 9.89. The first-order valence-corrected chi connectivity index (χ1v) is 11.0. The van der Waals surface area contributed by atoms with E-state index < -0.39 is 5.66 Å². The smallest absolute Gasteiger partial charge is 0.256 e. The Kier molecular flexibility index (Phi) is 5.14. The molecule has 1 fully saturated rings. The van der Waals surface area contributed by atoms with Crippen molar-refractivity contribution in [2.75, 3.05) is 20.2 Å². The van der Waals surface area contributed by atoms with Crippen LogP contribution in [0.25, 0.3) is 0 Å². The molecule has 162 valence electrons. The summed E-state index contributed by atoms with van der Waals surface area (Å²) in [6.45, 7) is 0.981. The molecule has 2 amide bonds. The van der Waals surface area contributed by atoms with Gasteiger partial charge in [0.05, 0.1) is 7.11 Å². The van der Waals surface area contributed by atoms with Crippen molar-refractivity contribution in [3.8, 4) is 5.75 Å². The van der Waals surface area contributed by atoms with E-state index in [2.05, 4.69) is 0 Å². The number of hydrogen-bond donors (Lipinski definition) is 0. The van der Waals surface area contributed by atoms with Crippen molar-refractivity contribution in [1.29, 1.82) is 0 Å². The molecule has 6 heteroatoms. The van der Waals surface area contributed by atoms with E-state index in [1.807, 2.05) is 82.6 Å². The predicted octanol–water partition coefficient (Wildman–Crippen LogP) is 4.48. The van der Waals surface area contributed by atoms with Crippen molar-refractivity contribution in [2.24, 2.45) is 0 Å². The molecule has 1 unspecified atom stereocenters. The molecule has 0 radical (unpaired) electrons. The number of amides is 2. The summed E-state index contributed by atoms with van der Waals surface area (Å²) in [4.78, 5) is 30.6. The summed E-state index contributed by atoms with van der Waals surface area (Å²) >= 11 is 6.16. The van der Waals surface area contributed by atoms with Crippen LogP contribution in [-0.4, -0.2) is 41.8 Å². The number of rotatable bonds is 5. The van der Waals surface area contributed by atoms with Crippen LogP contribution in [-0.2, 0) is 16.9 Å². The highest BCUT2D eigenvalue weighted by Gasteiger charge is 2.59. The van der Waals surface area contributed by atoms with Gasteiger partial charge in [-0.3, -0.25) is 9.59 Å². The van der Waals surface area contributed by atoms with E-state index in [0.717, 1.165) is 22.4 Å². The minimum Gasteiger partial charge on any atom is -0.497 e. The van der Waals surface area contributed by atoms with E-state index in [1.165, 1.54) is 0 Å². The molecule has 5 rings (SSSR count). The van der Waals surface area contributed by atoms with Gasteiger partial charge in [-0.2, -0.15) is 0 Å². The number of fused-ring (bicyclic) bond motifs is 3. The summed E-state index contributed by atoms with van der Waals surface area (Å²) < 4.78 is 5.22. The third-order valence-corrected chi connectivity index (χ3v) is 6.69. The maximum Gasteiger partial charge on any atom is 0.256 e. The van der Waals surface area contributed by atoms with Crippen molar-refractivity contribution < 1.29 is 14.3 Å². The summed E-state index contributed by atoms with van der Waals surface area (Å²) in [5, 5.41) is 0.615. The molecule has 3 aromatic carbocycles.